The van der Waals surface area contributed by atoms with Crippen molar-refractivity contribution in [3.8, 4) is 0 Å². The molecule has 0 bridgehead atoms. The number of carbonyl (C=O) groups excluding carboxylic acids is 2. The summed E-state index contributed by atoms with van der Waals surface area (Å²) < 4.78 is 13.0. The molecule has 0 aromatic heterocycles. The number of hydrogen-bond acceptors (Lipinski definition) is 4. The number of aliphatic hydroxyl groups is 2. The highest BCUT2D eigenvalue weighted by atomic mass is 19.1. The topological polar surface area (TPSA) is 98.7 Å². The first kappa shape index (κ1) is 20.1. The van der Waals surface area contributed by atoms with Crippen LogP contribution in [0.1, 0.15) is 25.8 Å². The van der Waals surface area contributed by atoms with Gasteiger partial charge < -0.3 is 20.8 Å². The molecule has 1 aromatic carbocycles. The molecule has 1 aromatic rings. The molecule has 0 spiro atoms. The third-order valence-corrected chi connectivity index (χ3v) is 3.67. The minimum Gasteiger partial charge on any atom is -0.396 e. The summed E-state index contributed by atoms with van der Waals surface area (Å²) >= 11 is 0. The van der Waals surface area contributed by atoms with Crippen LogP contribution >= 0.6 is 0 Å². The summed E-state index contributed by atoms with van der Waals surface area (Å²) in [6.45, 7) is 3.22. The Labute approximate surface area is 141 Å². The largest absolute Gasteiger partial charge is 0.396 e. The number of carbonyl (C=O) groups is 2. The lowest BCUT2D eigenvalue weighted by Gasteiger charge is -2.27. The Hall–Kier alpha value is -1.99. The van der Waals surface area contributed by atoms with E-state index in [4.69, 9.17) is 5.11 Å². The summed E-state index contributed by atoms with van der Waals surface area (Å²) in [5.74, 6) is -1.13. The van der Waals surface area contributed by atoms with Gasteiger partial charge in [0.1, 0.15) is 11.9 Å². The Bertz CT molecular complexity index is 563. The van der Waals surface area contributed by atoms with E-state index in [0.29, 0.717) is 6.42 Å². The second kappa shape index (κ2) is 9.34. The number of amides is 2. The maximum atomic E-state index is 13.0. The molecule has 1 rings (SSSR count). The van der Waals surface area contributed by atoms with Gasteiger partial charge in [0.25, 0.3) is 0 Å². The molecule has 0 aliphatic carbocycles. The lowest BCUT2D eigenvalue weighted by molar-refractivity contribution is -0.137. The van der Waals surface area contributed by atoms with Crippen LogP contribution in [-0.2, 0) is 16.0 Å². The van der Waals surface area contributed by atoms with Gasteiger partial charge in [0.2, 0.25) is 11.8 Å². The number of benzene rings is 1. The van der Waals surface area contributed by atoms with E-state index in [1.807, 2.05) is 0 Å². The van der Waals surface area contributed by atoms with Gasteiger partial charge in [-0.15, -0.1) is 0 Å². The summed E-state index contributed by atoms with van der Waals surface area (Å²) in [5, 5.41) is 24.0. The van der Waals surface area contributed by atoms with Crippen molar-refractivity contribution in [1.29, 1.82) is 0 Å². The molecular formula is C17H25FN2O4. The van der Waals surface area contributed by atoms with Crippen LogP contribution in [0.3, 0.4) is 0 Å². The van der Waals surface area contributed by atoms with Crippen molar-refractivity contribution in [2.24, 2.45) is 5.41 Å². The average molecular weight is 340 g/mol. The van der Waals surface area contributed by atoms with E-state index in [-0.39, 0.29) is 37.8 Å². The molecular weight excluding hydrogens is 315 g/mol. The molecule has 4 N–H and O–H groups in total. The maximum Gasteiger partial charge on any atom is 0.249 e. The number of aryl methyl sites for hydroxylation is 1. The van der Waals surface area contributed by atoms with Crippen molar-refractivity contribution in [3.63, 3.8) is 0 Å². The molecule has 2 amide bonds. The molecule has 1 atom stereocenters. The average Bonchev–Trinajstić information content (AvgIpc) is 2.56. The van der Waals surface area contributed by atoms with E-state index in [0.717, 1.165) is 5.56 Å². The normalized spacial score (nSPS) is 12.5. The maximum absolute atomic E-state index is 13.0. The molecule has 6 nitrogen and oxygen atoms in total. The zero-order valence-electron chi connectivity index (χ0n) is 14.0. The van der Waals surface area contributed by atoms with Crippen molar-refractivity contribution < 1.29 is 24.2 Å². The third kappa shape index (κ3) is 6.64. The standard InChI is InChI=1S/C17H25FN2O4/c1-17(2,11-21)15(23)16(24)20-9-8-19-14(22)7-6-12-4-3-5-13(18)10-12/h3-5,10,15,21,23H,6-9,11H2,1-2H3,(H,19,22)(H,20,24)/t15-/m0/s1. The first-order valence-corrected chi connectivity index (χ1v) is 7.84. The highest BCUT2D eigenvalue weighted by Gasteiger charge is 2.32. The fraction of sp³-hybridized carbons (Fsp3) is 0.529. The second-order valence-corrected chi connectivity index (χ2v) is 6.32. The highest BCUT2D eigenvalue weighted by Crippen LogP contribution is 2.19. The van der Waals surface area contributed by atoms with Crippen LogP contribution in [0.25, 0.3) is 0 Å². The van der Waals surface area contributed by atoms with Gasteiger partial charge in [-0.25, -0.2) is 4.39 Å². The number of hydrogen-bond donors (Lipinski definition) is 4. The fourth-order valence-corrected chi connectivity index (χ4v) is 1.96. The summed E-state index contributed by atoms with van der Waals surface area (Å²) in [5.41, 5.74) is -0.189. The fourth-order valence-electron chi connectivity index (χ4n) is 1.96. The van der Waals surface area contributed by atoms with E-state index in [1.54, 1.807) is 26.0 Å². The van der Waals surface area contributed by atoms with Crippen molar-refractivity contribution in [1.82, 2.24) is 10.6 Å². The van der Waals surface area contributed by atoms with Gasteiger partial charge in [0.15, 0.2) is 0 Å². The molecule has 0 saturated carbocycles. The molecule has 0 fully saturated rings. The van der Waals surface area contributed by atoms with Crippen LogP contribution in [0.5, 0.6) is 0 Å². The Kier molecular flexibility index (Phi) is 7.81. The molecule has 7 heteroatoms. The van der Waals surface area contributed by atoms with Crippen LogP contribution in [0, 0.1) is 11.2 Å². The molecule has 134 valence electrons. The second-order valence-electron chi connectivity index (χ2n) is 6.32. The molecule has 0 aliphatic heterocycles. The van der Waals surface area contributed by atoms with Crippen LogP contribution in [0.2, 0.25) is 0 Å². The van der Waals surface area contributed by atoms with E-state index >= 15 is 0 Å². The molecule has 0 unspecified atom stereocenters. The lowest BCUT2D eigenvalue weighted by Crippen LogP contribution is -2.47. The summed E-state index contributed by atoms with van der Waals surface area (Å²) in [7, 11) is 0. The van der Waals surface area contributed by atoms with Crippen molar-refractivity contribution in [2.75, 3.05) is 19.7 Å². The summed E-state index contributed by atoms with van der Waals surface area (Å²) in [4.78, 5) is 23.4. The number of aliphatic hydroxyl groups excluding tert-OH is 2. The summed E-state index contributed by atoms with van der Waals surface area (Å²) in [6, 6.07) is 6.08. The van der Waals surface area contributed by atoms with Gasteiger partial charge in [-0.3, -0.25) is 9.59 Å². The Morgan fingerprint density at radius 2 is 1.92 bits per heavy atom. The highest BCUT2D eigenvalue weighted by molar-refractivity contribution is 5.81. The first-order chi connectivity index (χ1) is 11.3. The molecule has 0 saturated heterocycles. The molecule has 0 aliphatic rings. The minimum atomic E-state index is -1.33. The zero-order chi connectivity index (χ0) is 18.2. The van der Waals surface area contributed by atoms with Gasteiger partial charge in [0, 0.05) is 24.9 Å². The van der Waals surface area contributed by atoms with E-state index in [9.17, 15) is 19.1 Å². The van der Waals surface area contributed by atoms with Crippen LogP contribution in [0.4, 0.5) is 4.39 Å². The third-order valence-electron chi connectivity index (χ3n) is 3.67. The number of rotatable bonds is 9. The van der Waals surface area contributed by atoms with Crippen molar-refractivity contribution in [2.45, 2.75) is 32.8 Å². The molecule has 0 radical (unpaired) electrons. The van der Waals surface area contributed by atoms with E-state index < -0.39 is 17.4 Å². The summed E-state index contributed by atoms with van der Waals surface area (Å²) in [6.07, 6.45) is -0.678. The Balaban J connectivity index is 2.23. The Morgan fingerprint density at radius 1 is 1.25 bits per heavy atom. The lowest BCUT2D eigenvalue weighted by atomic mass is 9.87. The van der Waals surface area contributed by atoms with Gasteiger partial charge >= 0.3 is 0 Å². The molecule has 0 heterocycles. The van der Waals surface area contributed by atoms with Crippen LogP contribution < -0.4 is 10.6 Å². The zero-order valence-corrected chi connectivity index (χ0v) is 14.0. The predicted octanol–water partition coefficient (Wildman–Crippen LogP) is 0.370. The predicted molar refractivity (Wildman–Crippen MR) is 87.6 cm³/mol. The first-order valence-electron chi connectivity index (χ1n) is 7.84. The van der Waals surface area contributed by atoms with Crippen LogP contribution in [-0.4, -0.2) is 47.8 Å². The van der Waals surface area contributed by atoms with Crippen molar-refractivity contribution >= 4 is 11.8 Å². The SMILES string of the molecule is CC(C)(CO)[C@@H](O)C(=O)NCCNC(=O)CCc1cccc(F)c1. The molecule has 24 heavy (non-hydrogen) atoms. The number of halogens is 1. The quantitative estimate of drug-likeness (QED) is 0.488. The minimum absolute atomic E-state index is 0.170. The van der Waals surface area contributed by atoms with Gasteiger partial charge in [-0.05, 0) is 24.1 Å². The van der Waals surface area contributed by atoms with Gasteiger partial charge in [-0.1, -0.05) is 26.0 Å². The smallest absolute Gasteiger partial charge is 0.249 e. The monoisotopic (exact) mass is 340 g/mol. The van der Waals surface area contributed by atoms with E-state index in [1.165, 1.54) is 12.1 Å². The van der Waals surface area contributed by atoms with Gasteiger partial charge in [0.05, 0.1) is 6.61 Å². The van der Waals surface area contributed by atoms with Crippen molar-refractivity contribution in [3.05, 3.63) is 35.6 Å². The van der Waals surface area contributed by atoms with Gasteiger partial charge in [-0.2, -0.15) is 0 Å². The van der Waals surface area contributed by atoms with E-state index in [2.05, 4.69) is 10.6 Å². The Morgan fingerprint density at radius 3 is 2.54 bits per heavy atom. The van der Waals surface area contributed by atoms with Crippen LogP contribution in [0.15, 0.2) is 24.3 Å². The number of nitrogens with one attached hydrogen (secondary N) is 2.